The molecule has 0 N–H and O–H groups in total. The number of carbonyl (C=O) groups is 1. The predicted molar refractivity (Wildman–Crippen MR) is 155 cm³/mol. The summed E-state index contributed by atoms with van der Waals surface area (Å²) < 4.78 is 0. The number of nitrogens with zero attached hydrogens (tertiary/aromatic N) is 5. The molecule has 38 heavy (non-hydrogen) atoms. The zero-order valence-electron chi connectivity index (χ0n) is 23.0. The van der Waals surface area contributed by atoms with Crippen LogP contribution < -0.4 is 4.90 Å². The molecule has 3 heterocycles. The second-order valence-electron chi connectivity index (χ2n) is 10.6. The summed E-state index contributed by atoms with van der Waals surface area (Å²) in [7, 11) is 0. The van der Waals surface area contributed by atoms with Crippen LogP contribution in [-0.4, -0.2) is 64.9 Å². The van der Waals surface area contributed by atoms with E-state index in [1.165, 1.54) is 31.2 Å². The maximum absolute atomic E-state index is 13.5. The quantitative estimate of drug-likeness (QED) is 0.350. The van der Waals surface area contributed by atoms with Gasteiger partial charge in [-0.25, -0.2) is 9.97 Å². The Morgan fingerprint density at radius 3 is 2.32 bits per heavy atom. The van der Waals surface area contributed by atoms with Gasteiger partial charge in [0.1, 0.15) is 5.82 Å². The van der Waals surface area contributed by atoms with E-state index in [0.717, 1.165) is 79.6 Å². The highest BCUT2D eigenvalue weighted by Gasteiger charge is 2.29. The van der Waals surface area contributed by atoms with Gasteiger partial charge in [0.25, 0.3) is 5.91 Å². The van der Waals surface area contributed by atoms with Gasteiger partial charge >= 0.3 is 0 Å². The third-order valence-corrected chi connectivity index (χ3v) is 8.00. The van der Waals surface area contributed by atoms with Gasteiger partial charge < -0.3 is 14.7 Å². The Bertz CT molecular complexity index is 1200. The van der Waals surface area contributed by atoms with Gasteiger partial charge in [-0.3, -0.25) is 4.79 Å². The molecular weight excluding hydrogens is 470 g/mol. The van der Waals surface area contributed by atoms with Crippen molar-refractivity contribution >= 4 is 11.7 Å². The molecule has 0 spiro atoms. The van der Waals surface area contributed by atoms with Gasteiger partial charge in [-0.05, 0) is 37.1 Å². The summed E-state index contributed by atoms with van der Waals surface area (Å²) in [5.41, 5.74) is 5.32. The van der Waals surface area contributed by atoms with E-state index in [1.807, 2.05) is 35.2 Å². The topological polar surface area (TPSA) is 52.6 Å². The van der Waals surface area contributed by atoms with E-state index in [4.69, 9.17) is 9.97 Å². The number of fused-ring (bicyclic) bond motifs is 1. The molecule has 0 aliphatic carbocycles. The highest BCUT2D eigenvalue weighted by molar-refractivity contribution is 5.94. The van der Waals surface area contributed by atoms with Crippen LogP contribution in [0.5, 0.6) is 0 Å². The van der Waals surface area contributed by atoms with Crippen molar-refractivity contribution in [3.05, 3.63) is 77.0 Å². The fraction of sp³-hybridized carbons (Fsp3) is 0.469. The molecule has 1 amide bonds. The summed E-state index contributed by atoms with van der Waals surface area (Å²) in [6, 6.07) is 18.5. The molecule has 0 atom stereocenters. The zero-order valence-corrected chi connectivity index (χ0v) is 23.0. The first kappa shape index (κ1) is 26.4. The Balaban J connectivity index is 1.36. The molecule has 2 aliphatic heterocycles. The SMILES string of the molecule is CCCCCCc1ccc(C(=O)N2CCc3nc(-c4ccccc4)nc(N4CCN(CC)CC4)c3C2)cc1. The van der Waals surface area contributed by atoms with Gasteiger partial charge in [0, 0.05) is 55.8 Å². The summed E-state index contributed by atoms with van der Waals surface area (Å²) in [5, 5.41) is 0. The van der Waals surface area contributed by atoms with Crippen LogP contribution in [0, 0.1) is 0 Å². The Hall–Kier alpha value is -3.25. The fourth-order valence-electron chi connectivity index (χ4n) is 5.58. The van der Waals surface area contributed by atoms with Crippen molar-refractivity contribution in [3.8, 4) is 11.4 Å². The van der Waals surface area contributed by atoms with Crippen LogP contribution in [0.4, 0.5) is 5.82 Å². The lowest BCUT2D eigenvalue weighted by molar-refractivity contribution is 0.0733. The van der Waals surface area contributed by atoms with Crippen molar-refractivity contribution in [3.63, 3.8) is 0 Å². The Morgan fingerprint density at radius 1 is 0.842 bits per heavy atom. The van der Waals surface area contributed by atoms with Crippen LogP contribution in [0.3, 0.4) is 0 Å². The van der Waals surface area contributed by atoms with Gasteiger partial charge in [0.15, 0.2) is 5.82 Å². The molecule has 0 unspecified atom stereocenters. The van der Waals surface area contributed by atoms with Crippen LogP contribution in [0.2, 0.25) is 0 Å². The minimum absolute atomic E-state index is 0.0991. The number of aromatic nitrogens is 2. The summed E-state index contributed by atoms with van der Waals surface area (Å²) in [6.45, 7) is 10.7. The summed E-state index contributed by atoms with van der Waals surface area (Å²) >= 11 is 0. The Kier molecular flexibility index (Phi) is 8.69. The number of aryl methyl sites for hydroxylation is 1. The standard InChI is InChI=1S/C32H41N5O/c1-3-5-6-8-11-25-14-16-27(17-15-25)32(38)37-19-18-29-28(24-37)31(36-22-20-35(4-2)21-23-36)34-30(33-29)26-12-9-7-10-13-26/h7,9-10,12-17H,3-6,8,11,18-24H2,1-2H3. The number of anilines is 1. The van der Waals surface area contributed by atoms with Crippen molar-refractivity contribution in [2.45, 2.75) is 58.9 Å². The normalized spacial score (nSPS) is 15.9. The predicted octanol–water partition coefficient (Wildman–Crippen LogP) is 5.61. The lowest BCUT2D eigenvalue weighted by Crippen LogP contribution is -2.47. The number of hydrogen-bond donors (Lipinski definition) is 0. The summed E-state index contributed by atoms with van der Waals surface area (Å²) in [4.78, 5) is 30.5. The molecular formula is C32H41N5O. The molecule has 0 radical (unpaired) electrons. The van der Waals surface area contributed by atoms with E-state index in [2.05, 4.69) is 47.9 Å². The zero-order chi connectivity index (χ0) is 26.3. The van der Waals surface area contributed by atoms with Crippen molar-refractivity contribution in [2.75, 3.05) is 44.2 Å². The van der Waals surface area contributed by atoms with Crippen molar-refractivity contribution in [1.29, 1.82) is 0 Å². The van der Waals surface area contributed by atoms with E-state index in [1.54, 1.807) is 0 Å². The van der Waals surface area contributed by atoms with Crippen molar-refractivity contribution < 1.29 is 4.79 Å². The molecule has 1 fully saturated rings. The third-order valence-electron chi connectivity index (χ3n) is 8.00. The maximum Gasteiger partial charge on any atom is 0.254 e. The van der Waals surface area contributed by atoms with E-state index in [-0.39, 0.29) is 5.91 Å². The van der Waals surface area contributed by atoms with Crippen LogP contribution in [0.25, 0.3) is 11.4 Å². The minimum Gasteiger partial charge on any atom is -0.354 e. The smallest absolute Gasteiger partial charge is 0.254 e. The van der Waals surface area contributed by atoms with Crippen LogP contribution >= 0.6 is 0 Å². The van der Waals surface area contributed by atoms with E-state index in [9.17, 15) is 4.79 Å². The number of likely N-dealkylation sites (N-methyl/N-ethyl adjacent to an activating group) is 1. The second-order valence-corrected chi connectivity index (χ2v) is 10.6. The Morgan fingerprint density at radius 2 is 1.61 bits per heavy atom. The number of piperazine rings is 1. The lowest BCUT2D eigenvalue weighted by Gasteiger charge is -2.38. The average Bonchev–Trinajstić information content (AvgIpc) is 2.99. The lowest BCUT2D eigenvalue weighted by atomic mass is 10.0. The molecule has 200 valence electrons. The highest BCUT2D eigenvalue weighted by atomic mass is 16.2. The highest BCUT2D eigenvalue weighted by Crippen LogP contribution is 2.31. The van der Waals surface area contributed by atoms with Crippen LogP contribution in [0.15, 0.2) is 54.6 Å². The first-order valence-electron chi connectivity index (χ1n) is 14.5. The molecule has 6 nitrogen and oxygen atoms in total. The molecule has 2 aromatic carbocycles. The fourth-order valence-corrected chi connectivity index (χ4v) is 5.58. The first-order chi connectivity index (χ1) is 18.7. The van der Waals surface area contributed by atoms with Gasteiger partial charge in [0.2, 0.25) is 0 Å². The second kappa shape index (κ2) is 12.5. The maximum atomic E-state index is 13.5. The van der Waals surface area contributed by atoms with Gasteiger partial charge in [0.05, 0.1) is 12.2 Å². The molecule has 1 aromatic heterocycles. The van der Waals surface area contributed by atoms with Gasteiger partial charge in [-0.1, -0.05) is 75.6 Å². The van der Waals surface area contributed by atoms with Crippen molar-refractivity contribution in [1.82, 2.24) is 19.8 Å². The van der Waals surface area contributed by atoms with E-state index in [0.29, 0.717) is 13.1 Å². The molecule has 0 saturated carbocycles. The number of hydrogen-bond acceptors (Lipinski definition) is 5. The van der Waals surface area contributed by atoms with Crippen LogP contribution in [-0.2, 0) is 19.4 Å². The van der Waals surface area contributed by atoms with Gasteiger partial charge in [-0.15, -0.1) is 0 Å². The van der Waals surface area contributed by atoms with Gasteiger partial charge in [-0.2, -0.15) is 0 Å². The van der Waals surface area contributed by atoms with Crippen molar-refractivity contribution in [2.24, 2.45) is 0 Å². The molecule has 5 rings (SSSR count). The number of carbonyl (C=O) groups excluding carboxylic acids is 1. The van der Waals surface area contributed by atoms with E-state index < -0.39 is 0 Å². The average molecular weight is 512 g/mol. The summed E-state index contributed by atoms with van der Waals surface area (Å²) in [5.74, 6) is 1.89. The molecule has 2 aliphatic rings. The molecule has 6 heteroatoms. The number of benzene rings is 2. The largest absolute Gasteiger partial charge is 0.354 e. The first-order valence-corrected chi connectivity index (χ1v) is 14.5. The van der Waals surface area contributed by atoms with E-state index >= 15 is 0 Å². The third kappa shape index (κ3) is 6.07. The number of unbranched alkanes of at least 4 members (excludes halogenated alkanes) is 3. The summed E-state index contributed by atoms with van der Waals surface area (Å²) in [6.07, 6.45) is 6.86. The Labute approximate surface area is 227 Å². The molecule has 1 saturated heterocycles. The number of amides is 1. The minimum atomic E-state index is 0.0991. The monoisotopic (exact) mass is 511 g/mol. The number of rotatable bonds is 9. The van der Waals surface area contributed by atoms with Crippen LogP contribution in [0.1, 0.15) is 66.7 Å². The molecule has 3 aromatic rings. The molecule has 0 bridgehead atoms.